The normalized spacial score (nSPS) is 12.1. The molecule has 0 radical (unpaired) electrons. The Kier molecular flexibility index (Phi) is 7.72. The second-order valence-corrected chi connectivity index (χ2v) is 9.11. The fourth-order valence-corrected chi connectivity index (χ4v) is 4.50. The number of likely N-dealkylation sites (N-methyl/N-ethyl adjacent to an activating group) is 1. The molecule has 3 rings (SSSR count). The van der Waals surface area contributed by atoms with Crippen LogP contribution in [0, 0.1) is 0 Å². The van der Waals surface area contributed by atoms with Crippen molar-refractivity contribution in [1.29, 1.82) is 0 Å². The lowest BCUT2D eigenvalue weighted by molar-refractivity contribution is 0.0932. The molecule has 0 aliphatic heterocycles. The highest BCUT2D eigenvalue weighted by atomic mass is 35.5. The summed E-state index contributed by atoms with van der Waals surface area (Å²) in [5, 5.41) is 17.4. The van der Waals surface area contributed by atoms with Crippen LogP contribution in [-0.2, 0) is 6.42 Å². The minimum absolute atomic E-state index is 0.0877. The molecule has 2 heterocycles. The lowest BCUT2D eigenvalue weighted by Gasteiger charge is -2.23. The summed E-state index contributed by atoms with van der Waals surface area (Å²) in [6.07, 6.45) is 2.14. The fourth-order valence-electron chi connectivity index (χ4n) is 3.09. The third-order valence-corrected chi connectivity index (χ3v) is 6.19. The van der Waals surface area contributed by atoms with E-state index in [1.165, 1.54) is 11.3 Å². The van der Waals surface area contributed by atoms with Crippen molar-refractivity contribution in [3.8, 4) is 16.3 Å². The molecule has 164 valence electrons. The van der Waals surface area contributed by atoms with Crippen molar-refractivity contribution in [3.05, 3.63) is 57.0 Å². The number of nitrogens with zero attached hydrogens (tertiary/aromatic N) is 3. The standard InChI is InChI=1S/C21H23Cl2N5O2S/c1-24-21-25-7-6-16(27-21)18-10-17(29)19(31-18)20(30)26-14(11-28(2)3)8-12-4-5-13(22)9-15(12)23/h4-7,9-10,14,29H,8,11H2,1-3H3,(H,26,30)(H,24,25,27)/t14-/m0/s1. The number of halogens is 2. The smallest absolute Gasteiger partial charge is 0.265 e. The van der Waals surface area contributed by atoms with E-state index in [0.29, 0.717) is 39.5 Å². The number of thiophene rings is 1. The van der Waals surface area contributed by atoms with Gasteiger partial charge in [0.2, 0.25) is 5.95 Å². The first-order chi connectivity index (χ1) is 14.8. The molecule has 0 saturated carbocycles. The molecule has 1 atom stereocenters. The van der Waals surface area contributed by atoms with Crippen molar-refractivity contribution in [2.45, 2.75) is 12.5 Å². The van der Waals surface area contributed by atoms with Crippen LogP contribution < -0.4 is 10.6 Å². The zero-order valence-corrected chi connectivity index (χ0v) is 19.6. The van der Waals surface area contributed by atoms with E-state index in [1.54, 1.807) is 37.5 Å². The maximum Gasteiger partial charge on any atom is 0.265 e. The molecule has 0 aliphatic carbocycles. The number of aromatic nitrogens is 2. The molecule has 1 aromatic carbocycles. The van der Waals surface area contributed by atoms with Gasteiger partial charge >= 0.3 is 0 Å². The van der Waals surface area contributed by atoms with Crippen molar-refractivity contribution in [2.75, 3.05) is 33.0 Å². The fraction of sp³-hybridized carbons (Fsp3) is 0.286. The van der Waals surface area contributed by atoms with E-state index in [-0.39, 0.29) is 22.6 Å². The predicted octanol–water partition coefficient (Wildman–Crippen LogP) is 4.16. The molecule has 2 aromatic heterocycles. The Morgan fingerprint density at radius 2 is 2.03 bits per heavy atom. The Balaban J connectivity index is 1.80. The number of anilines is 1. The van der Waals surface area contributed by atoms with Gasteiger partial charge in [0.15, 0.2) is 0 Å². The number of aromatic hydroxyl groups is 1. The minimum Gasteiger partial charge on any atom is -0.506 e. The molecule has 0 bridgehead atoms. The molecule has 10 heteroatoms. The number of carbonyl (C=O) groups is 1. The van der Waals surface area contributed by atoms with Gasteiger partial charge in [-0.1, -0.05) is 29.3 Å². The van der Waals surface area contributed by atoms with Crippen LogP contribution in [0.5, 0.6) is 5.75 Å². The van der Waals surface area contributed by atoms with Gasteiger partial charge in [0.05, 0.1) is 10.6 Å². The summed E-state index contributed by atoms with van der Waals surface area (Å²) >= 11 is 13.5. The van der Waals surface area contributed by atoms with E-state index < -0.39 is 0 Å². The lowest BCUT2D eigenvalue weighted by Crippen LogP contribution is -2.43. The Morgan fingerprint density at radius 1 is 1.26 bits per heavy atom. The molecule has 0 fully saturated rings. The second kappa shape index (κ2) is 10.3. The highest BCUT2D eigenvalue weighted by Gasteiger charge is 2.22. The average molecular weight is 480 g/mol. The zero-order chi connectivity index (χ0) is 22.5. The summed E-state index contributed by atoms with van der Waals surface area (Å²) in [5.74, 6) is 0.0195. The van der Waals surface area contributed by atoms with Crippen LogP contribution >= 0.6 is 34.5 Å². The molecule has 3 N–H and O–H groups in total. The molecule has 7 nitrogen and oxygen atoms in total. The van der Waals surface area contributed by atoms with Gasteiger partial charge in [0.25, 0.3) is 5.91 Å². The Labute approximate surface area is 195 Å². The number of hydrogen-bond acceptors (Lipinski definition) is 7. The van der Waals surface area contributed by atoms with Crippen molar-refractivity contribution >= 4 is 46.4 Å². The molecule has 0 aliphatic rings. The van der Waals surface area contributed by atoms with Crippen LogP contribution in [-0.4, -0.2) is 59.6 Å². The number of benzene rings is 1. The first-order valence-corrected chi connectivity index (χ1v) is 11.1. The SMILES string of the molecule is CNc1nccc(-c2cc(O)c(C(=O)N[C@@H](Cc3ccc(Cl)cc3Cl)CN(C)C)s2)n1. The number of carbonyl (C=O) groups excluding carboxylic acids is 1. The molecule has 1 amide bonds. The lowest BCUT2D eigenvalue weighted by atomic mass is 10.1. The van der Waals surface area contributed by atoms with Crippen LogP contribution in [0.3, 0.4) is 0 Å². The van der Waals surface area contributed by atoms with Gasteiger partial charge in [0.1, 0.15) is 10.6 Å². The second-order valence-electron chi connectivity index (χ2n) is 7.21. The van der Waals surface area contributed by atoms with Gasteiger partial charge in [-0.05, 0) is 44.3 Å². The first kappa shape index (κ1) is 23.3. The molecule has 3 aromatic rings. The summed E-state index contributed by atoms with van der Waals surface area (Å²) in [6, 6.07) is 8.36. The van der Waals surface area contributed by atoms with E-state index in [2.05, 4.69) is 20.6 Å². The van der Waals surface area contributed by atoms with Crippen LogP contribution in [0.2, 0.25) is 10.0 Å². The van der Waals surface area contributed by atoms with Crippen molar-refractivity contribution in [2.24, 2.45) is 0 Å². The van der Waals surface area contributed by atoms with Gasteiger partial charge in [0, 0.05) is 41.9 Å². The zero-order valence-electron chi connectivity index (χ0n) is 17.3. The van der Waals surface area contributed by atoms with Crippen LogP contribution in [0.15, 0.2) is 36.5 Å². The average Bonchev–Trinajstić information content (AvgIpc) is 3.11. The summed E-state index contributed by atoms with van der Waals surface area (Å²) in [5.41, 5.74) is 1.51. The first-order valence-electron chi connectivity index (χ1n) is 9.50. The highest BCUT2D eigenvalue weighted by Crippen LogP contribution is 2.35. The Bertz CT molecular complexity index is 1070. The molecule has 0 unspecified atom stereocenters. The van der Waals surface area contributed by atoms with E-state index in [1.807, 2.05) is 25.1 Å². The van der Waals surface area contributed by atoms with Crippen LogP contribution in [0.4, 0.5) is 5.95 Å². The third kappa shape index (κ3) is 6.07. The maximum absolute atomic E-state index is 13.0. The van der Waals surface area contributed by atoms with Crippen molar-refractivity contribution in [1.82, 2.24) is 20.2 Å². The molecular weight excluding hydrogens is 457 g/mol. The summed E-state index contributed by atoms with van der Waals surface area (Å²) in [7, 11) is 5.58. The van der Waals surface area contributed by atoms with Gasteiger partial charge in [-0.2, -0.15) is 0 Å². The monoisotopic (exact) mass is 479 g/mol. The van der Waals surface area contributed by atoms with E-state index in [9.17, 15) is 9.90 Å². The number of rotatable bonds is 8. The summed E-state index contributed by atoms with van der Waals surface area (Å²) in [4.78, 5) is 24.3. The Morgan fingerprint density at radius 3 is 2.71 bits per heavy atom. The molecule has 31 heavy (non-hydrogen) atoms. The number of nitrogens with one attached hydrogen (secondary N) is 2. The maximum atomic E-state index is 13.0. The number of amides is 1. The molecule has 0 spiro atoms. The van der Waals surface area contributed by atoms with E-state index in [0.717, 1.165) is 5.56 Å². The quantitative estimate of drug-likeness (QED) is 0.449. The van der Waals surface area contributed by atoms with Crippen molar-refractivity contribution in [3.63, 3.8) is 0 Å². The minimum atomic E-state index is -0.353. The van der Waals surface area contributed by atoms with Gasteiger partial charge in [-0.25, -0.2) is 9.97 Å². The van der Waals surface area contributed by atoms with Gasteiger partial charge in [-0.3, -0.25) is 4.79 Å². The van der Waals surface area contributed by atoms with Crippen LogP contribution in [0.25, 0.3) is 10.6 Å². The highest BCUT2D eigenvalue weighted by molar-refractivity contribution is 7.17. The molecular formula is C21H23Cl2N5O2S. The predicted molar refractivity (Wildman–Crippen MR) is 127 cm³/mol. The Hall–Kier alpha value is -2.39. The van der Waals surface area contributed by atoms with Crippen molar-refractivity contribution < 1.29 is 9.90 Å². The number of hydrogen-bond donors (Lipinski definition) is 3. The van der Waals surface area contributed by atoms with Gasteiger partial charge < -0.3 is 20.6 Å². The largest absolute Gasteiger partial charge is 0.506 e. The molecule has 0 saturated heterocycles. The topological polar surface area (TPSA) is 90.4 Å². The summed E-state index contributed by atoms with van der Waals surface area (Å²) < 4.78 is 0. The van der Waals surface area contributed by atoms with Crippen LogP contribution in [0.1, 0.15) is 15.2 Å². The summed E-state index contributed by atoms with van der Waals surface area (Å²) in [6.45, 7) is 0.598. The van der Waals surface area contributed by atoms with Gasteiger partial charge in [-0.15, -0.1) is 11.3 Å². The third-order valence-electron chi connectivity index (χ3n) is 4.45. The van der Waals surface area contributed by atoms with E-state index in [4.69, 9.17) is 23.2 Å². The van der Waals surface area contributed by atoms with E-state index >= 15 is 0 Å².